The first-order chi connectivity index (χ1) is 9.16. The first kappa shape index (κ1) is 14.9. The van der Waals surface area contributed by atoms with Gasteiger partial charge >= 0.3 is 0 Å². The lowest BCUT2D eigenvalue weighted by Crippen LogP contribution is -2.24. The van der Waals surface area contributed by atoms with Crippen molar-refractivity contribution in [1.82, 2.24) is 5.32 Å². The molecule has 104 valence electrons. The smallest absolute Gasteiger partial charge is 0.251 e. The van der Waals surface area contributed by atoms with Crippen LogP contribution in [0, 0.1) is 5.92 Å². The third kappa shape index (κ3) is 4.50. The molecule has 0 atom stereocenters. The molecule has 1 saturated carbocycles. The summed E-state index contributed by atoms with van der Waals surface area (Å²) in [6.45, 7) is 0.760. The summed E-state index contributed by atoms with van der Waals surface area (Å²) in [7, 11) is 0. The normalized spacial score (nSPS) is 15.7. The molecule has 0 heterocycles. The number of nitrogens with one attached hydrogen (secondary N) is 1. The minimum absolute atomic E-state index is 0.0243. The molecule has 0 spiro atoms. The topological polar surface area (TPSA) is 29.1 Å². The van der Waals surface area contributed by atoms with Gasteiger partial charge in [-0.3, -0.25) is 4.79 Å². The molecule has 1 amide bonds. The largest absolute Gasteiger partial charge is 0.352 e. The second-order valence-electron chi connectivity index (χ2n) is 5.18. The number of halogens is 2. The van der Waals surface area contributed by atoms with Crippen LogP contribution in [0.4, 0.5) is 0 Å². The maximum Gasteiger partial charge on any atom is 0.251 e. The van der Waals surface area contributed by atoms with Crippen molar-refractivity contribution in [3.63, 3.8) is 0 Å². The third-order valence-corrected chi connectivity index (χ3v) is 4.95. The standard InChI is InChI=1S/C15H19BrClNO/c16-13-10-12(7-8-14(13)17)15(19)18-9-3-6-11-4-1-2-5-11/h7-8,10-11H,1-6,9H2,(H,18,19). The Bertz CT molecular complexity index is 444. The predicted molar refractivity (Wildman–Crippen MR) is 82.7 cm³/mol. The lowest BCUT2D eigenvalue weighted by Gasteiger charge is -2.09. The molecule has 0 bridgehead atoms. The highest BCUT2D eigenvalue weighted by Gasteiger charge is 2.14. The average molecular weight is 345 g/mol. The minimum atomic E-state index is -0.0243. The van der Waals surface area contributed by atoms with E-state index in [0.29, 0.717) is 10.6 Å². The van der Waals surface area contributed by atoms with Crippen LogP contribution < -0.4 is 5.32 Å². The number of carbonyl (C=O) groups excluding carboxylic acids is 1. The lowest BCUT2D eigenvalue weighted by atomic mass is 10.0. The highest BCUT2D eigenvalue weighted by molar-refractivity contribution is 9.10. The van der Waals surface area contributed by atoms with Crippen molar-refractivity contribution in [3.05, 3.63) is 33.3 Å². The van der Waals surface area contributed by atoms with Crippen LogP contribution in [0.2, 0.25) is 5.02 Å². The Kier molecular flexibility index (Phi) is 5.71. The van der Waals surface area contributed by atoms with Crippen molar-refractivity contribution in [3.8, 4) is 0 Å². The van der Waals surface area contributed by atoms with E-state index in [2.05, 4.69) is 21.2 Å². The molecule has 1 N–H and O–H groups in total. The number of hydrogen-bond acceptors (Lipinski definition) is 1. The fourth-order valence-electron chi connectivity index (χ4n) is 2.63. The number of rotatable bonds is 5. The monoisotopic (exact) mass is 343 g/mol. The summed E-state index contributed by atoms with van der Waals surface area (Å²) in [5, 5.41) is 3.59. The van der Waals surface area contributed by atoms with E-state index in [1.54, 1.807) is 18.2 Å². The summed E-state index contributed by atoms with van der Waals surface area (Å²) in [5.41, 5.74) is 0.650. The van der Waals surface area contributed by atoms with Crippen molar-refractivity contribution in [1.29, 1.82) is 0 Å². The second-order valence-corrected chi connectivity index (χ2v) is 6.44. The molecule has 1 aliphatic carbocycles. The van der Waals surface area contributed by atoms with Crippen LogP contribution in [0.25, 0.3) is 0 Å². The van der Waals surface area contributed by atoms with Gasteiger partial charge < -0.3 is 5.32 Å². The molecule has 4 heteroatoms. The molecule has 0 aromatic heterocycles. The second kappa shape index (κ2) is 7.30. The quantitative estimate of drug-likeness (QED) is 0.764. The van der Waals surface area contributed by atoms with Crippen LogP contribution in [0.1, 0.15) is 48.9 Å². The van der Waals surface area contributed by atoms with E-state index in [0.717, 1.165) is 23.4 Å². The molecule has 1 aromatic rings. The Morgan fingerprint density at radius 1 is 1.37 bits per heavy atom. The molecule has 0 saturated heterocycles. The predicted octanol–water partition coefficient (Wildman–Crippen LogP) is 4.80. The maximum atomic E-state index is 11.9. The van der Waals surface area contributed by atoms with Crippen LogP contribution in [-0.4, -0.2) is 12.5 Å². The number of amides is 1. The summed E-state index contributed by atoms with van der Waals surface area (Å²) in [6.07, 6.45) is 7.83. The Balaban J connectivity index is 1.72. The Labute approximate surface area is 128 Å². The minimum Gasteiger partial charge on any atom is -0.352 e. The summed E-state index contributed by atoms with van der Waals surface area (Å²) < 4.78 is 0.757. The molecule has 0 aliphatic heterocycles. The van der Waals surface area contributed by atoms with Gasteiger partial charge in [0.25, 0.3) is 5.91 Å². The molecule has 1 aromatic carbocycles. The summed E-state index contributed by atoms with van der Waals surface area (Å²) >= 11 is 9.24. The fraction of sp³-hybridized carbons (Fsp3) is 0.533. The van der Waals surface area contributed by atoms with E-state index in [1.165, 1.54) is 32.1 Å². The highest BCUT2D eigenvalue weighted by atomic mass is 79.9. The molecule has 2 nitrogen and oxygen atoms in total. The maximum absolute atomic E-state index is 11.9. The molecule has 0 radical (unpaired) electrons. The first-order valence-electron chi connectivity index (χ1n) is 6.90. The molecule has 1 aliphatic rings. The Morgan fingerprint density at radius 2 is 2.11 bits per heavy atom. The third-order valence-electron chi connectivity index (χ3n) is 3.73. The van der Waals surface area contributed by atoms with Crippen LogP contribution >= 0.6 is 27.5 Å². The SMILES string of the molecule is O=C(NCCCC1CCCC1)c1ccc(Cl)c(Br)c1. The summed E-state index contributed by atoms with van der Waals surface area (Å²) in [5.74, 6) is 0.866. The Hall–Kier alpha value is -0.540. The van der Waals surface area contributed by atoms with Gasteiger partial charge in [0.2, 0.25) is 0 Å². The van der Waals surface area contributed by atoms with Crippen molar-refractivity contribution in [2.75, 3.05) is 6.54 Å². The van der Waals surface area contributed by atoms with Gasteiger partial charge in [-0.15, -0.1) is 0 Å². The zero-order chi connectivity index (χ0) is 13.7. The van der Waals surface area contributed by atoms with Crippen molar-refractivity contribution >= 4 is 33.4 Å². The number of benzene rings is 1. The highest BCUT2D eigenvalue weighted by Crippen LogP contribution is 2.28. The Morgan fingerprint density at radius 3 is 2.79 bits per heavy atom. The van der Waals surface area contributed by atoms with Crippen molar-refractivity contribution < 1.29 is 4.79 Å². The molecule has 2 rings (SSSR count). The molecule has 19 heavy (non-hydrogen) atoms. The van der Waals surface area contributed by atoms with Gasteiger partial charge in [0.05, 0.1) is 5.02 Å². The molecular weight excluding hydrogens is 326 g/mol. The van der Waals surface area contributed by atoms with Gasteiger partial charge in [-0.1, -0.05) is 37.3 Å². The van der Waals surface area contributed by atoms with Gasteiger partial charge in [-0.25, -0.2) is 0 Å². The number of carbonyl (C=O) groups is 1. The van der Waals surface area contributed by atoms with E-state index in [4.69, 9.17) is 11.6 Å². The van der Waals surface area contributed by atoms with Gasteiger partial charge in [-0.2, -0.15) is 0 Å². The van der Waals surface area contributed by atoms with Gasteiger partial charge in [0, 0.05) is 16.6 Å². The van der Waals surface area contributed by atoms with Gasteiger partial charge in [-0.05, 0) is 52.9 Å². The zero-order valence-corrected chi connectivity index (χ0v) is 13.3. The van der Waals surface area contributed by atoms with E-state index in [-0.39, 0.29) is 5.91 Å². The van der Waals surface area contributed by atoms with E-state index in [1.807, 2.05) is 0 Å². The van der Waals surface area contributed by atoms with Gasteiger partial charge in [0.15, 0.2) is 0 Å². The zero-order valence-electron chi connectivity index (χ0n) is 10.9. The molecule has 1 fully saturated rings. The fourth-order valence-corrected chi connectivity index (χ4v) is 3.13. The molecular formula is C15H19BrClNO. The van der Waals surface area contributed by atoms with Crippen LogP contribution in [0.15, 0.2) is 22.7 Å². The number of hydrogen-bond donors (Lipinski definition) is 1. The van der Waals surface area contributed by atoms with Crippen molar-refractivity contribution in [2.24, 2.45) is 5.92 Å². The average Bonchev–Trinajstić information content (AvgIpc) is 2.91. The van der Waals surface area contributed by atoms with E-state index >= 15 is 0 Å². The van der Waals surface area contributed by atoms with E-state index < -0.39 is 0 Å². The van der Waals surface area contributed by atoms with E-state index in [9.17, 15) is 4.79 Å². The van der Waals surface area contributed by atoms with Crippen LogP contribution in [0.3, 0.4) is 0 Å². The van der Waals surface area contributed by atoms with Gasteiger partial charge in [0.1, 0.15) is 0 Å². The summed E-state index contributed by atoms with van der Waals surface area (Å²) in [6, 6.07) is 5.24. The van der Waals surface area contributed by atoms with Crippen LogP contribution in [0.5, 0.6) is 0 Å². The van der Waals surface area contributed by atoms with Crippen LogP contribution in [-0.2, 0) is 0 Å². The van der Waals surface area contributed by atoms with Crippen molar-refractivity contribution in [2.45, 2.75) is 38.5 Å². The summed E-state index contributed by atoms with van der Waals surface area (Å²) in [4.78, 5) is 11.9. The first-order valence-corrected chi connectivity index (χ1v) is 8.07. The lowest BCUT2D eigenvalue weighted by molar-refractivity contribution is 0.0952. The molecule has 0 unspecified atom stereocenters.